The van der Waals surface area contributed by atoms with Crippen LogP contribution in [-0.2, 0) is 6.42 Å². The van der Waals surface area contributed by atoms with Gasteiger partial charge in [0.2, 0.25) is 0 Å². The highest BCUT2D eigenvalue weighted by Crippen LogP contribution is 2.28. The van der Waals surface area contributed by atoms with Crippen LogP contribution >= 0.6 is 0 Å². The Morgan fingerprint density at radius 1 is 1.10 bits per heavy atom. The molecule has 0 aliphatic rings. The van der Waals surface area contributed by atoms with E-state index in [9.17, 15) is 0 Å². The Balaban J connectivity index is 2.04. The standard InChI is InChI=1S/C17H16N2O/c1-20-15-7-8-16(13-5-3-2-4-6-13)14(11-15)12-17-18-9-10-19-17/h2-11H,12H2,1H3,(H,18,19). The Morgan fingerprint density at radius 2 is 1.95 bits per heavy atom. The zero-order valence-electron chi connectivity index (χ0n) is 11.3. The minimum atomic E-state index is 0.758. The first-order chi connectivity index (χ1) is 9.86. The molecule has 0 fully saturated rings. The first-order valence-corrected chi connectivity index (χ1v) is 6.57. The summed E-state index contributed by atoms with van der Waals surface area (Å²) in [5.74, 6) is 1.82. The average molecular weight is 264 g/mol. The maximum atomic E-state index is 5.33. The monoisotopic (exact) mass is 264 g/mol. The molecule has 1 aromatic heterocycles. The molecule has 3 heteroatoms. The first-order valence-electron chi connectivity index (χ1n) is 6.57. The third-order valence-electron chi connectivity index (χ3n) is 3.31. The van der Waals surface area contributed by atoms with Gasteiger partial charge in [-0.1, -0.05) is 36.4 Å². The Kier molecular flexibility index (Phi) is 3.50. The van der Waals surface area contributed by atoms with E-state index in [0.29, 0.717) is 0 Å². The molecule has 3 nitrogen and oxygen atoms in total. The Labute approximate surface area is 118 Å². The van der Waals surface area contributed by atoms with E-state index in [4.69, 9.17) is 4.74 Å². The van der Waals surface area contributed by atoms with Crippen molar-refractivity contribution in [3.8, 4) is 16.9 Å². The van der Waals surface area contributed by atoms with Gasteiger partial charge >= 0.3 is 0 Å². The summed E-state index contributed by atoms with van der Waals surface area (Å²) in [7, 11) is 1.69. The van der Waals surface area contributed by atoms with Crippen molar-refractivity contribution in [3.63, 3.8) is 0 Å². The van der Waals surface area contributed by atoms with Gasteiger partial charge in [-0.2, -0.15) is 0 Å². The quantitative estimate of drug-likeness (QED) is 0.780. The molecule has 100 valence electrons. The summed E-state index contributed by atoms with van der Waals surface area (Å²) < 4.78 is 5.33. The van der Waals surface area contributed by atoms with E-state index in [1.165, 1.54) is 16.7 Å². The number of benzene rings is 2. The van der Waals surface area contributed by atoms with Crippen LogP contribution in [-0.4, -0.2) is 17.1 Å². The minimum absolute atomic E-state index is 0.758. The Hall–Kier alpha value is -2.55. The van der Waals surface area contributed by atoms with Crippen LogP contribution in [0.3, 0.4) is 0 Å². The number of H-pyrrole nitrogens is 1. The smallest absolute Gasteiger partial charge is 0.119 e. The molecular weight excluding hydrogens is 248 g/mol. The average Bonchev–Trinajstić information content (AvgIpc) is 3.01. The summed E-state index contributed by atoms with van der Waals surface area (Å²) in [6.07, 6.45) is 4.38. The summed E-state index contributed by atoms with van der Waals surface area (Å²) in [5.41, 5.74) is 3.62. The SMILES string of the molecule is COc1ccc(-c2ccccc2)c(Cc2ncc[nH]2)c1. The third kappa shape index (κ3) is 2.57. The van der Waals surface area contributed by atoms with Crippen LogP contribution in [0.4, 0.5) is 0 Å². The normalized spacial score (nSPS) is 10.4. The first kappa shape index (κ1) is 12.5. The molecule has 0 saturated carbocycles. The number of hydrogen-bond donors (Lipinski definition) is 1. The number of aromatic nitrogens is 2. The molecular formula is C17H16N2O. The fraction of sp³-hybridized carbons (Fsp3) is 0.118. The van der Waals surface area contributed by atoms with Gasteiger partial charge in [-0.05, 0) is 28.8 Å². The molecule has 0 aliphatic heterocycles. The number of methoxy groups -OCH3 is 1. The lowest BCUT2D eigenvalue weighted by Crippen LogP contribution is -1.95. The van der Waals surface area contributed by atoms with Crippen LogP contribution in [0, 0.1) is 0 Å². The van der Waals surface area contributed by atoms with Gasteiger partial charge in [-0.25, -0.2) is 4.98 Å². The summed E-state index contributed by atoms with van der Waals surface area (Å²) in [5, 5.41) is 0. The highest BCUT2D eigenvalue weighted by molar-refractivity contribution is 5.68. The molecule has 1 N–H and O–H groups in total. The number of nitrogens with one attached hydrogen (secondary N) is 1. The maximum Gasteiger partial charge on any atom is 0.119 e. The van der Waals surface area contributed by atoms with E-state index in [0.717, 1.165) is 18.0 Å². The molecule has 1 heterocycles. The Bertz CT molecular complexity index is 675. The van der Waals surface area contributed by atoms with E-state index in [-0.39, 0.29) is 0 Å². The largest absolute Gasteiger partial charge is 0.497 e. The number of hydrogen-bond acceptors (Lipinski definition) is 2. The van der Waals surface area contributed by atoms with Gasteiger partial charge in [0.1, 0.15) is 11.6 Å². The van der Waals surface area contributed by atoms with Crippen molar-refractivity contribution in [1.29, 1.82) is 0 Å². The molecule has 0 atom stereocenters. The van der Waals surface area contributed by atoms with Gasteiger partial charge < -0.3 is 9.72 Å². The van der Waals surface area contributed by atoms with Crippen LogP contribution in [0.5, 0.6) is 5.75 Å². The summed E-state index contributed by atoms with van der Waals surface area (Å²) in [6, 6.07) is 16.5. The maximum absolute atomic E-state index is 5.33. The van der Waals surface area contributed by atoms with E-state index in [1.54, 1.807) is 13.3 Å². The van der Waals surface area contributed by atoms with Crippen LogP contribution in [0.15, 0.2) is 60.9 Å². The topological polar surface area (TPSA) is 37.9 Å². The molecule has 2 aromatic carbocycles. The van der Waals surface area contributed by atoms with Crippen molar-refractivity contribution in [2.75, 3.05) is 7.11 Å². The molecule has 0 amide bonds. The number of nitrogens with zero attached hydrogens (tertiary/aromatic N) is 1. The van der Waals surface area contributed by atoms with Crippen molar-refractivity contribution in [3.05, 3.63) is 72.3 Å². The van der Waals surface area contributed by atoms with Gasteiger partial charge in [0.25, 0.3) is 0 Å². The van der Waals surface area contributed by atoms with Crippen LogP contribution in [0.1, 0.15) is 11.4 Å². The van der Waals surface area contributed by atoms with Gasteiger partial charge in [0.05, 0.1) is 7.11 Å². The van der Waals surface area contributed by atoms with Gasteiger partial charge in [0, 0.05) is 18.8 Å². The molecule has 0 saturated heterocycles. The fourth-order valence-electron chi connectivity index (χ4n) is 2.32. The summed E-state index contributed by atoms with van der Waals surface area (Å²) in [4.78, 5) is 7.46. The number of aromatic amines is 1. The van der Waals surface area contributed by atoms with Crippen molar-refractivity contribution >= 4 is 0 Å². The van der Waals surface area contributed by atoms with Crippen molar-refractivity contribution in [1.82, 2.24) is 9.97 Å². The lowest BCUT2D eigenvalue weighted by Gasteiger charge is -2.11. The van der Waals surface area contributed by atoms with Crippen LogP contribution < -0.4 is 4.74 Å². The zero-order chi connectivity index (χ0) is 13.8. The third-order valence-corrected chi connectivity index (χ3v) is 3.31. The highest BCUT2D eigenvalue weighted by atomic mass is 16.5. The Morgan fingerprint density at radius 3 is 2.65 bits per heavy atom. The molecule has 0 unspecified atom stereocenters. The van der Waals surface area contributed by atoms with E-state index in [1.807, 2.05) is 18.3 Å². The predicted octanol–water partition coefficient (Wildman–Crippen LogP) is 3.68. The molecule has 20 heavy (non-hydrogen) atoms. The second kappa shape index (κ2) is 5.61. The number of imidazole rings is 1. The number of ether oxygens (including phenoxy) is 1. The van der Waals surface area contributed by atoms with E-state index in [2.05, 4.69) is 46.4 Å². The van der Waals surface area contributed by atoms with Crippen molar-refractivity contribution in [2.45, 2.75) is 6.42 Å². The van der Waals surface area contributed by atoms with Crippen LogP contribution in [0.25, 0.3) is 11.1 Å². The molecule has 0 aliphatic carbocycles. The zero-order valence-corrected chi connectivity index (χ0v) is 11.3. The van der Waals surface area contributed by atoms with E-state index < -0.39 is 0 Å². The van der Waals surface area contributed by atoms with E-state index >= 15 is 0 Å². The fourth-order valence-corrected chi connectivity index (χ4v) is 2.32. The molecule has 0 bridgehead atoms. The lowest BCUT2D eigenvalue weighted by molar-refractivity contribution is 0.414. The van der Waals surface area contributed by atoms with Crippen molar-refractivity contribution in [2.24, 2.45) is 0 Å². The van der Waals surface area contributed by atoms with Crippen LogP contribution in [0.2, 0.25) is 0 Å². The lowest BCUT2D eigenvalue weighted by atomic mass is 9.97. The number of rotatable bonds is 4. The second-order valence-electron chi connectivity index (χ2n) is 4.60. The summed E-state index contributed by atoms with van der Waals surface area (Å²) >= 11 is 0. The molecule has 3 aromatic rings. The molecule has 0 spiro atoms. The minimum Gasteiger partial charge on any atom is -0.497 e. The highest BCUT2D eigenvalue weighted by Gasteiger charge is 2.08. The van der Waals surface area contributed by atoms with Gasteiger partial charge in [0.15, 0.2) is 0 Å². The van der Waals surface area contributed by atoms with Gasteiger partial charge in [-0.15, -0.1) is 0 Å². The molecule has 3 rings (SSSR count). The molecule has 0 radical (unpaired) electrons. The van der Waals surface area contributed by atoms with Gasteiger partial charge in [-0.3, -0.25) is 0 Å². The second-order valence-corrected chi connectivity index (χ2v) is 4.60. The van der Waals surface area contributed by atoms with Crippen molar-refractivity contribution < 1.29 is 4.74 Å². The summed E-state index contributed by atoms with van der Waals surface area (Å²) in [6.45, 7) is 0. The predicted molar refractivity (Wildman–Crippen MR) is 79.8 cm³/mol.